The zero-order valence-electron chi connectivity index (χ0n) is 13.5. The van der Waals surface area contributed by atoms with Gasteiger partial charge in [0.2, 0.25) is 0 Å². The molecule has 0 saturated carbocycles. The number of aryl methyl sites for hydroxylation is 1. The van der Waals surface area contributed by atoms with Gasteiger partial charge in [-0.15, -0.1) is 0 Å². The van der Waals surface area contributed by atoms with E-state index in [0.29, 0.717) is 6.42 Å². The number of aliphatic hydroxyl groups is 1. The molecule has 0 fully saturated rings. The average molecular weight is 344 g/mol. The van der Waals surface area contributed by atoms with Crippen LogP contribution in [0.15, 0.2) is 30.3 Å². The number of anilines is 2. The monoisotopic (exact) mass is 344 g/mol. The number of amides is 1. The van der Waals surface area contributed by atoms with E-state index in [9.17, 15) is 9.18 Å². The van der Waals surface area contributed by atoms with Gasteiger partial charge < -0.3 is 10.4 Å². The molecule has 0 aliphatic rings. The van der Waals surface area contributed by atoms with Crippen LogP contribution in [0.4, 0.5) is 15.9 Å². The van der Waals surface area contributed by atoms with Crippen LogP contribution in [-0.4, -0.2) is 29.2 Å². The number of hydroxylamine groups is 1. The van der Waals surface area contributed by atoms with Crippen molar-refractivity contribution >= 4 is 17.4 Å². The van der Waals surface area contributed by atoms with Gasteiger partial charge in [0, 0.05) is 6.61 Å². The number of pyridine rings is 1. The summed E-state index contributed by atoms with van der Waals surface area (Å²) < 4.78 is 14.0. The minimum Gasteiger partial charge on any atom is -0.396 e. The number of aliphatic hydroxyl groups excluding tert-OH is 1. The molecular formula is C17H17FN4O3. The zero-order valence-corrected chi connectivity index (χ0v) is 13.5. The number of nitriles is 1. The fraction of sp³-hybridized carbons (Fsp3) is 0.235. The number of halogens is 1. The minimum absolute atomic E-state index is 0.0325. The van der Waals surface area contributed by atoms with Crippen LogP contribution >= 0.6 is 0 Å². The molecule has 3 N–H and O–H groups in total. The number of hydrogen-bond donors (Lipinski definition) is 3. The number of benzene rings is 1. The van der Waals surface area contributed by atoms with Crippen molar-refractivity contribution in [2.24, 2.45) is 0 Å². The summed E-state index contributed by atoms with van der Waals surface area (Å²) in [7, 11) is 0. The standard InChI is InChI=1S/C17H17FN4O3/c1-11-3-6-15(14(18)9-11)21-16-13(5-4-12(10-19)20-16)17(24)22-25-8-2-7-23/h3-6,9,23H,2,7-8H2,1H3,(H,20,21)(H,22,24). The van der Waals surface area contributed by atoms with E-state index < -0.39 is 11.7 Å². The first kappa shape index (κ1) is 18.3. The number of rotatable bonds is 7. The van der Waals surface area contributed by atoms with E-state index in [0.717, 1.165) is 5.56 Å². The van der Waals surface area contributed by atoms with E-state index in [-0.39, 0.29) is 36.0 Å². The van der Waals surface area contributed by atoms with E-state index in [4.69, 9.17) is 15.2 Å². The molecule has 1 heterocycles. The average Bonchev–Trinajstić information content (AvgIpc) is 2.61. The summed E-state index contributed by atoms with van der Waals surface area (Å²) in [5.41, 5.74) is 3.25. The minimum atomic E-state index is -0.607. The second-order valence-corrected chi connectivity index (χ2v) is 5.17. The van der Waals surface area contributed by atoms with Gasteiger partial charge in [-0.25, -0.2) is 14.9 Å². The van der Waals surface area contributed by atoms with Crippen molar-refractivity contribution in [1.29, 1.82) is 5.26 Å². The highest BCUT2D eigenvalue weighted by atomic mass is 19.1. The molecule has 25 heavy (non-hydrogen) atoms. The maximum atomic E-state index is 14.0. The molecule has 1 aromatic heterocycles. The Morgan fingerprint density at radius 3 is 2.88 bits per heavy atom. The molecule has 0 aliphatic carbocycles. The van der Waals surface area contributed by atoms with Crippen molar-refractivity contribution in [2.75, 3.05) is 18.5 Å². The largest absolute Gasteiger partial charge is 0.396 e. The molecule has 1 amide bonds. The summed E-state index contributed by atoms with van der Waals surface area (Å²) in [5, 5.41) is 20.4. The first-order chi connectivity index (χ1) is 12.0. The number of hydrogen-bond acceptors (Lipinski definition) is 6. The topological polar surface area (TPSA) is 107 Å². The number of carbonyl (C=O) groups is 1. The van der Waals surface area contributed by atoms with E-state index >= 15 is 0 Å². The molecule has 7 nitrogen and oxygen atoms in total. The van der Waals surface area contributed by atoms with E-state index in [1.807, 2.05) is 6.07 Å². The Balaban J connectivity index is 2.25. The summed E-state index contributed by atoms with van der Waals surface area (Å²) in [5.74, 6) is -1.08. The summed E-state index contributed by atoms with van der Waals surface area (Å²) in [6.07, 6.45) is 0.367. The molecule has 0 atom stereocenters. The third-order valence-electron chi connectivity index (χ3n) is 3.20. The van der Waals surface area contributed by atoms with Gasteiger partial charge in [-0.3, -0.25) is 9.63 Å². The van der Waals surface area contributed by atoms with Crippen LogP contribution in [0.3, 0.4) is 0 Å². The third-order valence-corrected chi connectivity index (χ3v) is 3.20. The number of carbonyl (C=O) groups excluding carboxylic acids is 1. The van der Waals surface area contributed by atoms with Gasteiger partial charge in [0.25, 0.3) is 5.91 Å². The van der Waals surface area contributed by atoms with Gasteiger partial charge in [0.15, 0.2) is 0 Å². The summed E-state index contributed by atoms with van der Waals surface area (Å²) in [6.45, 7) is 1.83. The van der Waals surface area contributed by atoms with Crippen LogP contribution in [0.1, 0.15) is 28.0 Å². The summed E-state index contributed by atoms with van der Waals surface area (Å²) in [6, 6.07) is 9.20. The van der Waals surface area contributed by atoms with Crippen molar-refractivity contribution in [3.63, 3.8) is 0 Å². The molecule has 0 aliphatic heterocycles. The molecule has 130 valence electrons. The SMILES string of the molecule is Cc1ccc(Nc2nc(C#N)ccc2C(=O)NOCCCO)c(F)c1. The van der Waals surface area contributed by atoms with Crippen LogP contribution < -0.4 is 10.8 Å². The first-order valence-electron chi connectivity index (χ1n) is 7.52. The van der Waals surface area contributed by atoms with Crippen molar-refractivity contribution in [3.8, 4) is 6.07 Å². The van der Waals surface area contributed by atoms with Gasteiger partial charge in [-0.2, -0.15) is 5.26 Å². The second kappa shape index (κ2) is 8.73. The zero-order chi connectivity index (χ0) is 18.2. The number of aromatic nitrogens is 1. The highest BCUT2D eigenvalue weighted by Crippen LogP contribution is 2.23. The van der Waals surface area contributed by atoms with Gasteiger partial charge in [0.05, 0.1) is 17.9 Å². The van der Waals surface area contributed by atoms with Crippen molar-refractivity contribution in [2.45, 2.75) is 13.3 Å². The Morgan fingerprint density at radius 2 is 2.20 bits per heavy atom. The Morgan fingerprint density at radius 1 is 1.40 bits per heavy atom. The fourth-order valence-corrected chi connectivity index (χ4v) is 1.96. The Hall–Kier alpha value is -3.02. The van der Waals surface area contributed by atoms with Crippen molar-refractivity contribution in [3.05, 3.63) is 53.0 Å². The van der Waals surface area contributed by atoms with Crippen LogP contribution in [0.2, 0.25) is 0 Å². The highest BCUT2D eigenvalue weighted by molar-refractivity contribution is 5.98. The van der Waals surface area contributed by atoms with Crippen LogP contribution in [0.5, 0.6) is 0 Å². The van der Waals surface area contributed by atoms with E-state index in [1.54, 1.807) is 13.0 Å². The van der Waals surface area contributed by atoms with Crippen LogP contribution in [0.25, 0.3) is 0 Å². The van der Waals surface area contributed by atoms with Gasteiger partial charge in [-0.05, 0) is 43.2 Å². The Labute approximate surface area is 144 Å². The molecule has 1 aromatic carbocycles. The van der Waals surface area contributed by atoms with Gasteiger partial charge >= 0.3 is 0 Å². The lowest BCUT2D eigenvalue weighted by molar-refractivity contribution is 0.0262. The summed E-state index contributed by atoms with van der Waals surface area (Å²) in [4.78, 5) is 21.2. The summed E-state index contributed by atoms with van der Waals surface area (Å²) >= 11 is 0. The lowest BCUT2D eigenvalue weighted by Crippen LogP contribution is -2.25. The molecule has 0 spiro atoms. The smallest absolute Gasteiger partial charge is 0.278 e. The highest BCUT2D eigenvalue weighted by Gasteiger charge is 2.15. The lowest BCUT2D eigenvalue weighted by atomic mass is 10.2. The van der Waals surface area contributed by atoms with Crippen molar-refractivity contribution < 1.29 is 19.1 Å². The van der Waals surface area contributed by atoms with E-state index in [1.165, 1.54) is 24.3 Å². The predicted octanol–water partition coefficient (Wildman–Crippen LogP) is 2.19. The first-order valence-corrected chi connectivity index (χ1v) is 7.52. The number of nitrogens with one attached hydrogen (secondary N) is 2. The quantitative estimate of drug-likeness (QED) is 0.525. The third kappa shape index (κ3) is 4.97. The normalized spacial score (nSPS) is 10.2. The fourth-order valence-electron chi connectivity index (χ4n) is 1.96. The predicted molar refractivity (Wildman–Crippen MR) is 88.5 cm³/mol. The molecule has 0 saturated heterocycles. The molecule has 2 rings (SSSR count). The van der Waals surface area contributed by atoms with Gasteiger partial charge in [-0.1, -0.05) is 6.07 Å². The van der Waals surface area contributed by atoms with Gasteiger partial charge in [0.1, 0.15) is 23.4 Å². The maximum absolute atomic E-state index is 14.0. The molecule has 0 radical (unpaired) electrons. The lowest BCUT2D eigenvalue weighted by Gasteiger charge is -2.12. The Kier molecular flexibility index (Phi) is 6.39. The van der Waals surface area contributed by atoms with Crippen LogP contribution in [-0.2, 0) is 4.84 Å². The number of nitrogens with zero attached hydrogens (tertiary/aromatic N) is 2. The molecule has 0 unspecified atom stereocenters. The van der Waals surface area contributed by atoms with Crippen molar-refractivity contribution in [1.82, 2.24) is 10.5 Å². The molecule has 0 bridgehead atoms. The van der Waals surface area contributed by atoms with E-state index in [2.05, 4.69) is 15.8 Å². The second-order valence-electron chi connectivity index (χ2n) is 5.17. The molecule has 8 heteroatoms. The van der Waals surface area contributed by atoms with Crippen LogP contribution in [0, 0.1) is 24.1 Å². The maximum Gasteiger partial charge on any atom is 0.278 e. The Bertz CT molecular complexity index is 805. The molecular weight excluding hydrogens is 327 g/mol. The molecule has 2 aromatic rings.